The highest BCUT2D eigenvalue weighted by Gasteiger charge is 2.31. The van der Waals surface area contributed by atoms with Gasteiger partial charge < -0.3 is 10.4 Å². The molecule has 0 bridgehead atoms. The van der Waals surface area contributed by atoms with Crippen molar-refractivity contribution < 1.29 is 5.11 Å². The van der Waals surface area contributed by atoms with Crippen LogP contribution >= 0.6 is 11.8 Å². The highest BCUT2D eigenvalue weighted by Crippen LogP contribution is 2.28. The molecule has 0 saturated heterocycles. The lowest BCUT2D eigenvalue weighted by atomic mass is 9.92. The van der Waals surface area contributed by atoms with E-state index >= 15 is 0 Å². The molecule has 1 atom stereocenters. The van der Waals surface area contributed by atoms with Gasteiger partial charge >= 0.3 is 0 Å². The second-order valence-corrected chi connectivity index (χ2v) is 5.86. The number of hydrogen-bond acceptors (Lipinski definition) is 5. The predicted octanol–water partition coefficient (Wildman–Crippen LogP) is 2.46. The first-order chi connectivity index (χ1) is 10.3. The van der Waals surface area contributed by atoms with Gasteiger partial charge in [0.1, 0.15) is 6.33 Å². The molecule has 0 spiro atoms. The normalized spacial score (nSPS) is 13.8. The van der Waals surface area contributed by atoms with Gasteiger partial charge in [0.05, 0.1) is 17.2 Å². The molecule has 5 heteroatoms. The van der Waals surface area contributed by atoms with Gasteiger partial charge in [0.2, 0.25) is 0 Å². The SMILES string of the molecule is CCCNC(CO)(CSc1ccncn1)c1ccccc1. The van der Waals surface area contributed by atoms with E-state index in [1.54, 1.807) is 24.3 Å². The lowest BCUT2D eigenvalue weighted by Crippen LogP contribution is -2.48. The van der Waals surface area contributed by atoms with Gasteiger partial charge in [0.25, 0.3) is 0 Å². The molecule has 1 heterocycles. The van der Waals surface area contributed by atoms with Crippen molar-refractivity contribution in [2.24, 2.45) is 0 Å². The van der Waals surface area contributed by atoms with Crippen molar-refractivity contribution in [3.63, 3.8) is 0 Å². The summed E-state index contributed by atoms with van der Waals surface area (Å²) in [5.74, 6) is 0.713. The predicted molar refractivity (Wildman–Crippen MR) is 86.3 cm³/mol. The monoisotopic (exact) mass is 303 g/mol. The van der Waals surface area contributed by atoms with E-state index in [-0.39, 0.29) is 6.61 Å². The molecule has 0 aliphatic heterocycles. The minimum Gasteiger partial charge on any atom is -0.394 e. The van der Waals surface area contributed by atoms with Crippen LogP contribution in [-0.4, -0.2) is 34.0 Å². The van der Waals surface area contributed by atoms with E-state index < -0.39 is 5.54 Å². The molecule has 2 aromatic rings. The lowest BCUT2D eigenvalue weighted by molar-refractivity contribution is 0.179. The maximum atomic E-state index is 10.0. The second kappa shape index (κ2) is 8.12. The second-order valence-electron chi connectivity index (χ2n) is 4.87. The van der Waals surface area contributed by atoms with Gasteiger partial charge in [-0.1, -0.05) is 37.3 Å². The van der Waals surface area contributed by atoms with Crippen molar-refractivity contribution in [1.29, 1.82) is 0 Å². The van der Waals surface area contributed by atoms with Crippen LogP contribution in [0.25, 0.3) is 0 Å². The van der Waals surface area contributed by atoms with Gasteiger partial charge in [-0.15, -0.1) is 11.8 Å². The lowest BCUT2D eigenvalue weighted by Gasteiger charge is -2.33. The minimum absolute atomic E-state index is 0.0507. The van der Waals surface area contributed by atoms with Crippen LogP contribution in [0.3, 0.4) is 0 Å². The number of benzene rings is 1. The molecule has 0 radical (unpaired) electrons. The summed E-state index contributed by atoms with van der Waals surface area (Å²) in [4.78, 5) is 8.16. The third kappa shape index (κ3) is 4.27. The van der Waals surface area contributed by atoms with Crippen molar-refractivity contribution in [3.8, 4) is 0 Å². The fourth-order valence-electron chi connectivity index (χ4n) is 2.11. The number of thioether (sulfide) groups is 1. The molecular weight excluding hydrogens is 282 g/mol. The summed E-state index contributed by atoms with van der Waals surface area (Å²) in [5.41, 5.74) is 0.648. The van der Waals surface area contributed by atoms with Crippen molar-refractivity contribution in [3.05, 3.63) is 54.5 Å². The summed E-state index contributed by atoms with van der Waals surface area (Å²) >= 11 is 1.62. The van der Waals surface area contributed by atoms with Gasteiger partial charge in [-0.3, -0.25) is 0 Å². The summed E-state index contributed by atoms with van der Waals surface area (Å²) in [7, 11) is 0. The van der Waals surface area contributed by atoms with Gasteiger partial charge in [-0.2, -0.15) is 0 Å². The Hall–Kier alpha value is -1.43. The fraction of sp³-hybridized carbons (Fsp3) is 0.375. The van der Waals surface area contributed by atoms with E-state index in [9.17, 15) is 5.11 Å². The quantitative estimate of drug-likeness (QED) is 0.579. The van der Waals surface area contributed by atoms with Crippen LogP contribution in [0.1, 0.15) is 18.9 Å². The Kier molecular flexibility index (Phi) is 6.17. The maximum Gasteiger partial charge on any atom is 0.116 e. The van der Waals surface area contributed by atoms with Crippen LogP contribution in [0, 0.1) is 0 Å². The zero-order valence-electron chi connectivity index (χ0n) is 12.2. The molecule has 0 saturated carbocycles. The summed E-state index contributed by atoms with van der Waals surface area (Å²) < 4.78 is 0. The Labute approximate surface area is 130 Å². The number of hydrogen-bond donors (Lipinski definition) is 2. The highest BCUT2D eigenvalue weighted by molar-refractivity contribution is 7.99. The van der Waals surface area contributed by atoms with Gasteiger partial charge in [0.15, 0.2) is 0 Å². The summed E-state index contributed by atoms with van der Waals surface area (Å²) in [6.07, 6.45) is 4.30. The van der Waals surface area contributed by atoms with E-state index in [0.29, 0.717) is 5.75 Å². The number of aromatic nitrogens is 2. The van der Waals surface area contributed by atoms with E-state index in [1.165, 1.54) is 0 Å². The molecule has 1 aromatic carbocycles. The summed E-state index contributed by atoms with van der Waals surface area (Å²) in [6.45, 7) is 3.03. The third-order valence-corrected chi connectivity index (χ3v) is 4.51. The first-order valence-electron chi connectivity index (χ1n) is 7.11. The highest BCUT2D eigenvalue weighted by atomic mass is 32.2. The Balaban J connectivity index is 2.18. The molecule has 112 valence electrons. The zero-order chi connectivity index (χ0) is 15.0. The molecule has 0 aliphatic rings. The molecule has 0 amide bonds. The summed E-state index contributed by atoms with van der Waals surface area (Å²) in [6, 6.07) is 12.0. The Morgan fingerprint density at radius 2 is 2.05 bits per heavy atom. The Morgan fingerprint density at radius 3 is 2.67 bits per heavy atom. The van der Waals surface area contributed by atoms with Crippen LogP contribution in [-0.2, 0) is 5.54 Å². The smallest absolute Gasteiger partial charge is 0.116 e. The average Bonchev–Trinajstić information content (AvgIpc) is 2.57. The molecule has 0 fully saturated rings. The van der Waals surface area contributed by atoms with Crippen LogP contribution < -0.4 is 5.32 Å². The molecule has 1 aromatic heterocycles. The van der Waals surface area contributed by atoms with E-state index in [4.69, 9.17) is 0 Å². The van der Waals surface area contributed by atoms with Crippen molar-refractivity contribution in [2.45, 2.75) is 23.9 Å². The molecule has 2 rings (SSSR count). The maximum absolute atomic E-state index is 10.0. The van der Waals surface area contributed by atoms with Gasteiger partial charge in [-0.05, 0) is 24.6 Å². The molecule has 2 N–H and O–H groups in total. The van der Waals surface area contributed by atoms with Crippen LogP contribution in [0.5, 0.6) is 0 Å². The van der Waals surface area contributed by atoms with Crippen molar-refractivity contribution >= 4 is 11.8 Å². The molecule has 0 aliphatic carbocycles. The molecular formula is C16H21N3OS. The minimum atomic E-state index is -0.452. The van der Waals surface area contributed by atoms with E-state index in [0.717, 1.165) is 23.6 Å². The van der Waals surface area contributed by atoms with Crippen LogP contribution in [0.2, 0.25) is 0 Å². The van der Waals surface area contributed by atoms with Crippen LogP contribution in [0.4, 0.5) is 0 Å². The van der Waals surface area contributed by atoms with E-state index in [1.807, 2.05) is 24.3 Å². The molecule has 1 unspecified atom stereocenters. The first kappa shape index (κ1) is 15.9. The number of nitrogens with zero attached hydrogens (tertiary/aromatic N) is 2. The van der Waals surface area contributed by atoms with Crippen molar-refractivity contribution in [2.75, 3.05) is 18.9 Å². The fourth-order valence-corrected chi connectivity index (χ4v) is 3.14. The molecule has 21 heavy (non-hydrogen) atoms. The van der Waals surface area contributed by atoms with E-state index in [2.05, 4.69) is 34.3 Å². The third-order valence-electron chi connectivity index (χ3n) is 3.33. The standard InChI is InChI=1S/C16H21N3OS/c1-2-9-19-16(11-20,14-6-4-3-5-7-14)12-21-15-8-10-17-13-18-15/h3-8,10,13,19-20H,2,9,11-12H2,1H3. The number of nitrogens with one attached hydrogen (secondary N) is 1. The zero-order valence-corrected chi connectivity index (χ0v) is 13.0. The first-order valence-corrected chi connectivity index (χ1v) is 8.09. The van der Waals surface area contributed by atoms with Gasteiger partial charge in [0, 0.05) is 11.9 Å². The molecule has 4 nitrogen and oxygen atoms in total. The Bertz CT molecular complexity index is 524. The van der Waals surface area contributed by atoms with Crippen LogP contribution in [0.15, 0.2) is 53.9 Å². The number of aliphatic hydroxyl groups excluding tert-OH is 1. The number of aliphatic hydroxyl groups is 1. The average molecular weight is 303 g/mol. The van der Waals surface area contributed by atoms with Gasteiger partial charge in [-0.25, -0.2) is 9.97 Å². The van der Waals surface area contributed by atoms with Crippen molar-refractivity contribution in [1.82, 2.24) is 15.3 Å². The largest absolute Gasteiger partial charge is 0.394 e. The summed E-state index contributed by atoms with van der Waals surface area (Å²) in [5, 5.41) is 14.4. The number of rotatable bonds is 8. The Morgan fingerprint density at radius 1 is 1.24 bits per heavy atom. The topological polar surface area (TPSA) is 58.0 Å².